The lowest BCUT2D eigenvalue weighted by molar-refractivity contribution is -0.130. The normalized spacial score (nSPS) is 20.4. The van der Waals surface area contributed by atoms with Crippen LogP contribution in [0.5, 0.6) is 0 Å². The van der Waals surface area contributed by atoms with Crippen molar-refractivity contribution in [2.45, 2.75) is 13.0 Å². The lowest BCUT2D eigenvalue weighted by Gasteiger charge is -2.31. The minimum Gasteiger partial charge on any atom is -0.343 e. The number of halogens is 2. The molecule has 0 aliphatic carbocycles. The number of nitrogens with zero attached hydrogens (tertiary/aromatic N) is 1. The number of hydrogen-bond acceptors (Lipinski definition) is 2. The monoisotopic (exact) mass is 316 g/mol. The van der Waals surface area contributed by atoms with Crippen LogP contribution >= 0.6 is 27.5 Å². The fraction of sp³-hybridized carbons (Fsp3) is 0.273. The van der Waals surface area contributed by atoms with Crippen molar-refractivity contribution >= 4 is 45.0 Å². The topological polar surface area (TPSA) is 49.4 Å². The highest BCUT2D eigenvalue weighted by molar-refractivity contribution is 9.10. The molecule has 1 heterocycles. The molecule has 0 spiro atoms. The Labute approximate surface area is 112 Å². The fourth-order valence-electron chi connectivity index (χ4n) is 1.70. The summed E-state index contributed by atoms with van der Waals surface area (Å²) < 4.78 is 0.733. The zero-order chi connectivity index (χ0) is 12.6. The Morgan fingerprint density at radius 2 is 2.18 bits per heavy atom. The molecule has 1 atom stereocenters. The summed E-state index contributed by atoms with van der Waals surface area (Å²) in [5.41, 5.74) is 0.615. The van der Waals surface area contributed by atoms with Gasteiger partial charge in [-0.1, -0.05) is 11.6 Å². The van der Waals surface area contributed by atoms with E-state index in [1.165, 1.54) is 4.90 Å². The van der Waals surface area contributed by atoms with Gasteiger partial charge in [-0.25, -0.2) is 0 Å². The number of hydrogen-bond donors (Lipinski definition) is 1. The Bertz CT molecular complexity index is 492. The first kappa shape index (κ1) is 12.4. The first-order chi connectivity index (χ1) is 7.99. The van der Waals surface area contributed by atoms with Crippen molar-refractivity contribution in [2.75, 3.05) is 11.4 Å². The number of carbonyl (C=O) groups is 2. The second-order valence-electron chi connectivity index (χ2n) is 3.81. The van der Waals surface area contributed by atoms with Crippen molar-refractivity contribution in [1.82, 2.24) is 5.32 Å². The average Bonchev–Trinajstić information content (AvgIpc) is 2.27. The molecule has 1 saturated heterocycles. The summed E-state index contributed by atoms with van der Waals surface area (Å²) >= 11 is 9.25. The van der Waals surface area contributed by atoms with Crippen molar-refractivity contribution in [3.63, 3.8) is 0 Å². The van der Waals surface area contributed by atoms with E-state index in [0.717, 1.165) is 4.47 Å². The Morgan fingerprint density at radius 3 is 2.88 bits per heavy atom. The number of carbonyl (C=O) groups excluding carboxylic acids is 2. The van der Waals surface area contributed by atoms with Crippen LogP contribution in [-0.2, 0) is 9.59 Å². The maximum absolute atomic E-state index is 12.0. The molecule has 1 aromatic rings. The highest BCUT2D eigenvalue weighted by atomic mass is 79.9. The Balaban J connectivity index is 2.41. The van der Waals surface area contributed by atoms with Crippen LogP contribution in [0.1, 0.15) is 6.92 Å². The van der Waals surface area contributed by atoms with Gasteiger partial charge in [0, 0.05) is 9.50 Å². The van der Waals surface area contributed by atoms with Crippen LogP contribution in [0.25, 0.3) is 0 Å². The quantitative estimate of drug-likeness (QED) is 0.861. The van der Waals surface area contributed by atoms with Crippen molar-refractivity contribution < 1.29 is 9.59 Å². The summed E-state index contributed by atoms with van der Waals surface area (Å²) in [5, 5.41) is 3.11. The van der Waals surface area contributed by atoms with Crippen LogP contribution < -0.4 is 10.2 Å². The molecule has 4 nitrogen and oxygen atoms in total. The van der Waals surface area contributed by atoms with E-state index in [-0.39, 0.29) is 18.4 Å². The fourth-order valence-corrected chi connectivity index (χ4v) is 2.33. The van der Waals surface area contributed by atoms with Gasteiger partial charge in [0.05, 0.1) is 5.69 Å². The van der Waals surface area contributed by atoms with Crippen molar-refractivity contribution in [2.24, 2.45) is 0 Å². The minimum absolute atomic E-state index is 0.0160. The van der Waals surface area contributed by atoms with E-state index in [2.05, 4.69) is 21.2 Å². The average molecular weight is 318 g/mol. The van der Waals surface area contributed by atoms with Gasteiger partial charge >= 0.3 is 0 Å². The van der Waals surface area contributed by atoms with Gasteiger partial charge < -0.3 is 10.2 Å². The van der Waals surface area contributed by atoms with Crippen molar-refractivity contribution in [3.8, 4) is 0 Å². The smallest absolute Gasteiger partial charge is 0.249 e. The molecule has 1 fully saturated rings. The van der Waals surface area contributed by atoms with Crippen molar-refractivity contribution in [1.29, 1.82) is 0 Å². The van der Waals surface area contributed by atoms with E-state index in [1.807, 2.05) is 0 Å². The van der Waals surface area contributed by atoms with Gasteiger partial charge in [0.1, 0.15) is 12.6 Å². The molecule has 17 heavy (non-hydrogen) atoms. The van der Waals surface area contributed by atoms with Crippen LogP contribution in [0.4, 0.5) is 5.69 Å². The molecule has 2 amide bonds. The van der Waals surface area contributed by atoms with E-state index in [1.54, 1.807) is 25.1 Å². The molecule has 0 aromatic heterocycles. The highest BCUT2D eigenvalue weighted by Crippen LogP contribution is 2.30. The minimum atomic E-state index is -0.512. The number of nitrogens with one attached hydrogen (secondary N) is 1. The molecular formula is C11H10BrClN2O2. The van der Waals surface area contributed by atoms with E-state index in [9.17, 15) is 9.59 Å². The Kier molecular flexibility index (Phi) is 3.40. The number of benzene rings is 1. The predicted octanol–water partition coefficient (Wildman–Crippen LogP) is 1.95. The molecule has 90 valence electrons. The molecule has 0 radical (unpaired) electrons. The lowest BCUT2D eigenvalue weighted by Crippen LogP contribution is -2.57. The first-order valence-electron chi connectivity index (χ1n) is 5.05. The van der Waals surface area contributed by atoms with Gasteiger partial charge in [0.15, 0.2) is 0 Å². The summed E-state index contributed by atoms with van der Waals surface area (Å²) in [6.07, 6.45) is 0. The molecule has 1 aliphatic rings. The summed E-state index contributed by atoms with van der Waals surface area (Å²) in [6.45, 7) is 1.67. The molecule has 1 aliphatic heterocycles. The van der Waals surface area contributed by atoms with E-state index in [4.69, 9.17) is 11.6 Å². The van der Waals surface area contributed by atoms with Gasteiger partial charge in [-0.05, 0) is 41.1 Å². The van der Waals surface area contributed by atoms with Gasteiger partial charge in [-0.2, -0.15) is 0 Å². The number of piperazine rings is 1. The third kappa shape index (κ3) is 2.45. The molecular weight excluding hydrogens is 307 g/mol. The lowest BCUT2D eigenvalue weighted by atomic mass is 10.2. The Morgan fingerprint density at radius 1 is 1.47 bits per heavy atom. The van der Waals surface area contributed by atoms with Gasteiger partial charge in [-0.3, -0.25) is 9.59 Å². The SMILES string of the molecule is CC1NC(=O)CN(c2cc(Cl)ccc2Br)C1=O. The predicted molar refractivity (Wildman–Crippen MR) is 69.1 cm³/mol. The third-order valence-corrected chi connectivity index (χ3v) is 3.42. The maximum Gasteiger partial charge on any atom is 0.249 e. The largest absolute Gasteiger partial charge is 0.343 e. The van der Waals surface area contributed by atoms with E-state index in [0.29, 0.717) is 10.7 Å². The Hall–Kier alpha value is -1.07. The zero-order valence-corrected chi connectivity index (χ0v) is 11.4. The first-order valence-corrected chi connectivity index (χ1v) is 6.22. The highest BCUT2D eigenvalue weighted by Gasteiger charge is 2.31. The molecule has 0 saturated carbocycles. The number of amides is 2. The van der Waals surface area contributed by atoms with Crippen LogP contribution in [0.2, 0.25) is 5.02 Å². The van der Waals surface area contributed by atoms with Crippen LogP contribution in [0, 0.1) is 0 Å². The molecule has 1 aromatic carbocycles. The molecule has 0 bridgehead atoms. The summed E-state index contributed by atoms with van der Waals surface area (Å²) in [5.74, 6) is -0.323. The second-order valence-corrected chi connectivity index (χ2v) is 5.10. The third-order valence-electron chi connectivity index (χ3n) is 2.51. The van der Waals surface area contributed by atoms with E-state index < -0.39 is 6.04 Å². The van der Waals surface area contributed by atoms with Gasteiger partial charge in [-0.15, -0.1) is 0 Å². The van der Waals surface area contributed by atoms with Gasteiger partial charge in [0.25, 0.3) is 0 Å². The van der Waals surface area contributed by atoms with Gasteiger partial charge in [0.2, 0.25) is 11.8 Å². The van der Waals surface area contributed by atoms with Crippen molar-refractivity contribution in [3.05, 3.63) is 27.7 Å². The molecule has 1 unspecified atom stereocenters. The number of rotatable bonds is 1. The van der Waals surface area contributed by atoms with Crippen LogP contribution in [-0.4, -0.2) is 24.4 Å². The second kappa shape index (κ2) is 4.66. The summed E-state index contributed by atoms with van der Waals surface area (Å²) in [7, 11) is 0. The molecule has 1 N–H and O–H groups in total. The molecule has 6 heteroatoms. The van der Waals surface area contributed by atoms with Crippen LogP contribution in [0.3, 0.4) is 0 Å². The van der Waals surface area contributed by atoms with E-state index >= 15 is 0 Å². The standard InChI is InChI=1S/C11H10BrClN2O2/c1-6-11(17)15(5-10(16)14-6)9-4-7(13)2-3-8(9)12/h2-4,6H,5H2,1H3,(H,14,16). The summed E-state index contributed by atoms with van der Waals surface area (Å²) in [6, 6.07) is 4.62. The molecule has 2 rings (SSSR count). The number of anilines is 1. The van der Waals surface area contributed by atoms with Crippen LogP contribution in [0.15, 0.2) is 22.7 Å². The zero-order valence-electron chi connectivity index (χ0n) is 9.04. The maximum atomic E-state index is 12.0. The summed E-state index contributed by atoms with van der Waals surface area (Å²) in [4.78, 5) is 24.9.